The zero-order valence-electron chi connectivity index (χ0n) is 24.6. The number of benzene rings is 2. The smallest absolute Gasteiger partial charge is 0.209 e. The van der Waals surface area contributed by atoms with Crippen molar-refractivity contribution in [3.05, 3.63) is 72.1 Å². The minimum absolute atomic E-state index is 0.487. The third kappa shape index (κ3) is 6.30. The number of methoxy groups -OCH3 is 2. The van der Waals surface area contributed by atoms with E-state index in [1.165, 1.54) is 0 Å². The fourth-order valence-electron chi connectivity index (χ4n) is 4.38. The molecule has 0 aliphatic rings. The largest absolute Gasteiger partial charge is 0.497 e. The standard InChI is InChI=1S/C28H30N12O2S2/c1-5-37-27(23(15-29-37)25-31-35-39(33-25)17-19-7-11-21(41-3)12-8-19)43-44-28-24(16-30-38(28)6-2)26-32-36-40(34-26)18-20-9-13-22(42-4)14-10-20/h7-16H,5-6,17-18H2,1-4H3. The van der Waals surface area contributed by atoms with Gasteiger partial charge in [0.05, 0.1) is 50.8 Å². The highest BCUT2D eigenvalue weighted by molar-refractivity contribution is 8.76. The topological polar surface area (TPSA) is 141 Å². The first kappa shape index (κ1) is 29.4. The van der Waals surface area contributed by atoms with Crippen LogP contribution >= 0.6 is 21.6 Å². The van der Waals surface area contributed by atoms with Gasteiger partial charge in [-0.1, -0.05) is 24.3 Å². The molecule has 4 aromatic heterocycles. The molecule has 0 aliphatic heterocycles. The zero-order chi connectivity index (χ0) is 30.5. The Bertz CT molecular complexity index is 1690. The van der Waals surface area contributed by atoms with E-state index in [0.29, 0.717) is 37.8 Å². The maximum atomic E-state index is 5.25. The second-order valence-electron chi connectivity index (χ2n) is 9.51. The molecular formula is C28H30N12O2S2. The minimum Gasteiger partial charge on any atom is -0.497 e. The van der Waals surface area contributed by atoms with Crippen molar-refractivity contribution in [2.24, 2.45) is 0 Å². The van der Waals surface area contributed by atoms with Crippen molar-refractivity contribution in [1.29, 1.82) is 0 Å². The lowest BCUT2D eigenvalue weighted by Gasteiger charge is -2.08. The molecule has 2 aromatic carbocycles. The van der Waals surface area contributed by atoms with Crippen LogP contribution in [0.5, 0.6) is 11.5 Å². The maximum Gasteiger partial charge on any atom is 0.209 e. The predicted molar refractivity (Wildman–Crippen MR) is 165 cm³/mol. The number of rotatable bonds is 13. The molecule has 0 aliphatic carbocycles. The van der Waals surface area contributed by atoms with E-state index in [0.717, 1.165) is 43.8 Å². The van der Waals surface area contributed by atoms with Crippen LogP contribution in [0.4, 0.5) is 0 Å². The van der Waals surface area contributed by atoms with Crippen LogP contribution < -0.4 is 9.47 Å². The zero-order valence-corrected chi connectivity index (χ0v) is 26.2. The normalized spacial score (nSPS) is 11.3. The Morgan fingerprint density at radius 1 is 0.614 bits per heavy atom. The van der Waals surface area contributed by atoms with Crippen LogP contribution in [0.25, 0.3) is 22.8 Å². The molecule has 226 valence electrons. The van der Waals surface area contributed by atoms with Gasteiger partial charge in [-0.3, -0.25) is 9.36 Å². The maximum absolute atomic E-state index is 5.25. The number of tetrazole rings is 2. The molecule has 16 heteroatoms. The van der Waals surface area contributed by atoms with E-state index in [2.05, 4.69) is 41.0 Å². The van der Waals surface area contributed by atoms with E-state index < -0.39 is 0 Å². The van der Waals surface area contributed by atoms with Crippen molar-refractivity contribution < 1.29 is 9.47 Å². The number of aromatic nitrogens is 12. The summed E-state index contributed by atoms with van der Waals surface area (Å²) >= 11 is 0. The molecule has 0 N–H and O–H groups in total. The van der Waals surface area contributed by atoms with Gasteiger partial charge in [0, 0.05) is 13.1 Å². The van der Waals surface area contributed by atoms with Crippen molar-refractivity contribution >= 4 is 21.6 Å². The number of hydrogen-bond donors (Lipinski definition) is 0. The lowest BCUT2D eigenvalue weighted by molar-refractivity contribution is 0.414. The number of ether oxygens (including phenoxy) is 2. The van der Waals surface area contributed by atoms with Crippen LogP contribution in [0.3, 0.4) is 0 Å². The lowest BCUT2D eigenvalue weighted by atomic mass is 10.2. The van der Waals surface area contributed by atoms with Crippen molar-refractivity contribution in [3.63, 3.8) is 0 Å². The van der Waals surface area contributed by atoms with Crippen LogP contribution in [0.15, 0.2) is 71.0 Å². The molecule has 0 atom stereocenters. The summed E-state index contributed by atoms with van der Waals surface area (Å²) in [6.45, 7) is 6.44. The van der Waals surface area contributed by atoms with Gasteiger partial charge in [-0.2, -0.15) is 19.8 Å². The van der Waals surface area contributed by atoms with Crippen LogP contribution in [-0.2, 0) is 26.2 Å². The summed E-state index contributed by atoms with van der Waals surface area (Å²) in [5.41, 5.74) is 3.69. The third-order valence-electron chi connectivity index (χ3n) is 6.73. The van der Waals surface area contributed by atoms with E-state index in [4.69, 9.17) is 9.47 Å². The second-order valence-corrected chi connectivity index (χ2v) is 11.6. The van der Waals surface area contributed by atoms with Crippen molar-refractivity contribution in [2.45, 2.75) is 50.1 Å². The summed E-state index contributed by atoms with van der Waals surface area (Å²) in [7, 11) is 6.41. The molecule has 6 aromatic rings. The number of aryl methyl sites for hydroxylation is 2. The van der Waals surface area contributed by atoms with Gasteiger partial charge in [-0.05, 0) is 81.3 Å². The summed E-state index contributed by atoms with van der Waals surface area (Å²) in [6.07, 6.45) is 3.57. The highest BCUT2D eigenvalue weighted by Crippen LogP contribution is 2.44. The fraction of sp³-hybridized carbons (Fsp3) is 0.286. The number of nitrogens with zero attached hydrogens (tertiary/aromatic N) is 12. The summed E-state index contributed by atoms with van der Waals surface area (Å²) in [4.78, 5) is 3.15. The van der Waals surface area contributed by atoms with Crippen molar-refractivity contribution in [1.82, 2.24) is 60.0 Å². The highest BCUT2D eigenvalue weighted by Gasteiger charge is 2.22. The van der Waals surface area contributed by atoms with Gasteiger partial charge >= 0.3 is 0 Å². The summed E-state index contributed by atoms with van der Waals surface area (Å²) in [5, 5.41) is 37.5. The van der Waals surface area contributed by atoms with Crippen molar-refractivity contribution in [2.75, 3.05) is 14.2 Å². The Kier molecular flexibility index (Phi) is 8.88. The summed E-state index contributed by atoms with van der Waals surface area (Å²) in [5.74, 6) is 2.62. The Hall–Kier alpha value is -4.70. The van der Waals surface area contributed by atoms with Gasteiger partial charge in [0.1, 0.15) is 21.6 Å². The molecule has 0 saturated heterocycles. The first-order valence-electron chi connectivity index (χ1n) is 13.9. The Morgan fingerprint density at radius 2 is 1.02 bits per heavy atom. The van der Waals surface area contributed by atoms with E-state index in [-0.39, 0.29) is 0 Å². The fourth-order valence-corrected chi connectivity index (χ4v) is 7.06. The van der Waals surface area contributed by atoms with Gasteiger partial charge in [0.2, 0.25) is 11.6 Å². The van der Waals surface area contributed by atoms with E-state index in [1.807, 2.05) is 71.7 Å². The lowest BCUT2D eigenvalue weighted by Crippen LogP contribution is -2.04. The molecule has 0 bridgehead atoms. The first-order chi connectivity index (χ1) is 21.6. The average Bonchev–Trinajstić information content (AvgIpc) is 3.87. The van der Waals surface area contributed by atoms with E-state index in [1.54, 1.807) is 57.8 Å². The third-order valence-corrected chi connectivity index (χ3v) is 9.19. The van der Waals surface area contributed by atoms with Crippen LogP contribution in [0.1, 0.15) is 25.0 Å². The molecule has 0 unspecified atom stereocenters. The first-order valence-corrected chi connectivity index (χ1v) is 16.0. The monoisotopic (exact) mass is 630 g/mol. The molecule has 0 spiro atoms. The Balaban J connectivity index is 1.20. The van der Waals surface area contributed by atoms with Crippen molar-refractivity contribution in [3.8, 4) is 34.3 Å². The SMILES string of the molecule is CCn1ncc(-c2nnn(Cc3ccc(OC)cc3)n2)c1SSc1c(-c2nnn(Cc3ccc(OC)cc3)n2)cnn1CC. The quantitative estimate of drug-likeness (QED) is 0.168. The molecule has 4 heterocycles. The molecule has 14 nitrogen and oxygen atoms in total. The van der Waals surface area contributed by atoms with Gasteiger partial charge < -0.3 is 9.47 Å². The minimum atomic E-state index is 0.487. The Morgan fingerprint density at radius 3 is 1.39 bits per heavy atom. The molecule has 0 radical (unpaired) electrons. The molecule has 6 rings (SSSR count). The van der Waals surface area contributed by atoms with E-state index >= 15 is 0 Å². The van der Waals surface area contributed by atoms with Crippen LogP contribution in [-0.4, -0.2) is 74.2 Å². The molecule has 0 fully saturated rings. The van der Waals surface area contributed by atoms with Gasteiger partial charge in [0.15, 0.2) is 0 Å². The molecule has 0 amide bonds. The van der Waals surface area contributed by atoms with Crippen LogP contribution in [0.2, 0.25) is 0 Å². The van der Waals surface area contributed by atoms with Gasteiger partial charge in [-0.25, -0.2) is 0 Å². The van der Waals surface area contributed by atoms with Crippen LogP contribution in [0, 0.1) is 0 Å². The predicted octanol–water partition coefficient (Wildman–Crippen LogP) is 4.34. The van der Waals surface area contributed by atoms with Gasteiger partial charge in [0.25, 0.3) is 0 Å². The summed E-state index contributed by atoms with van der Waals surface area (Å²) in [6, 6.07) is 15.6. The van der Waals surface area contributed by atoms with Gasteiger partial charge in [-0.15, -0.1) is 20.4 Å². The molecular weight excluding hydrogens is 601 g/mol. The Labute approximate surface area is 261 Å². The molecule has 0 saturated carbocycles. The molecule has 44 heavy (non-hydrogen) atoms. The summed E-state index contributed by atoms with van der Waals surface area (Å²) < 4.78 is 14.3. The average molecular weight is 631 g/mol. The van der Waals surface area contributed by atoms with E-state index in [9.17, 15) is 0 Å². The number of hydrogen-bond acceptors (Lipinski definition) is 12. The highest BCUT2D eigenvalue weighted by atomic mass is 33.1. The second kappa shape index (κ2) is 13.3.